The highest BCUT2D eigenvalue weighted by atomic mass is 79.9. The summed E-state index contributed by atoms with van der Waals surface area (Å²) in [6.07, 6.45) is 2.79. The fourth-order valence-electron chi connectivity index (χ4n) is 1.31. The Balaban J connectivity index is 2.23. The Hall–Kier alpha value is -0.910. The van der Waals surface area contributed by atoms with E-state index in [4.69, 9.17) is 0 Å². The van der Waals surface area contributed by atoms with Gasteiger partial charge >= 0.3 is 0 Å². The van der Waals surface area contributed by atoms with Crippen molar-refractivity contribution in [1.29, 1.82) is 0 Å². The van der Waals surface area contributed by atoms with E-state index in [1.807, 2.05) is 24.3 Å². The maximum absolute atomic E-state index is 9.48. The third-order valence-corrected chi connectivity index (χ3v) is 4.15. The lowest BCUT2D eigenvalue weighted by molar-refractivity contribution is 0.199. The van der Waals surface area contributed by atoms with Gasteiger partial charge in [0.15, 0.2) is 0 Å². The van der Waals surface area contributed by atoms with Crippen LogP contribution in [0, 0.1) is 0 Å². The van der Waals surface area contributed by atoms with Gasteiger partial charge in [-0.3, -0.25) is 0 Å². The first-order valence-corrected chi connectivity index (χ1v) is 6.69. The SMILES string of the molecule is CC(O)c1ccc(Sc2ccncn2)c(Br)c1. The molecule has 1 heterocycles. The van der Waals surface area contributed by atoms with Gasteiger partial charge in [-0.2, -0.15) is 0 Å². The zero-order valence-electron chi connectivity index (χ0n) is 9.17. The molecule has 2 rings (SSSR count). The molecule has 1 unspecified atom stereocenters. The van der Waals surface area contributed by atoms with E-state index < -0.39 is 6.10 Å². The van der Waals surface area contributed by atoms with Gasteiger partial charge in [-0.05, 0) is 46.6 Å². The molecule has 1 N–H and O–H groups in total. The highest BCUT2D eigenvalue weighted by Gasteiger charge is 2.07. The van der Waals surface area contributed by atoms with E-state index in [0.717, 1.165) is 20.0 Å². The Kier molecular flexibility index (Phi) is 4.15. The summed E-state index contributed by atoms with van der Waals surface area (Å²) in [5.41, 5.74) is 0.893. The fraction of sp³-hybridized carbons (Fsp3) is 0.167. The second-order valence-corrected chi connectivity index (χ2v) is 5.43. The first kappa shape index (κ1) is 12.5. The molecule has 0 saturated carbocycles. The molecular weight excluding hydrogens is 300 g/mol. The summed E-state index contributed by atoms with van der Waals surface area (Å²) in [5, 5.41) is 10.4. The summed E-state index contributed by atoms with van der Waals surface area (Å²) < 4.78 is 0.958. The Morgan fingerprint density at radius 2 is 2.18 bits per heavy atom. The van der Waals surface area contributed by atoms with E-state index in [-0.39, 0.29) is 0 Å². The summed E-state index contributed by atoms with van der Waals surface area (Å²) in [5.74, 6) is 0. The third kappa shape index (κ3) is 3.28. The Bertz CT molecular complexity index is 505. The standard InChI is InChI=1S/C12H11BrN2OS/c1-8(16)9-2-3-11(10(13)6-9)17-12-4-5-14-7-15-12/h2-8,16H,1H3. The van der Waals surface area contributed by atoms with Crippen molar-refractivity contribution < 1.29 is 5.11 Å². The molecule has 0 aliphatic carbocycles. The van der Waals surface area contributed by atoms with Crippen molar-refractivity contribution in [2.24, 2.45) is 0 Å². The summed E-state index contributed by atoms with van der Waals surface area (Å²) in [4.78, 5) is 9.09. The van der Waals surface area contributed by atoms with Crippen LogP contribution >= 0.6 is 27.7 Å². The number of benzene rings is 1. The first-order valence-electron chi connectivity index (χ1n) is 5.08. The van der Waals surface area contributed by atoms with Crippen molar-refractivity contribution in [3.8, 4) is 0 Å². The van der Waals surface area contributed by atoms with Gasteiger partial charge < -0.3 is 5.11 Å². The maximum atomic E-state index is 9.48. The normalized spacial score (nSPS) is 12.4. The van der Waals surface area contributed by atoms with E-state index >= 15 is 0 Å². The van der Waals surface area contributed by atoms with Crippen molar-refractivity contribution >= 4 is 27.7 Å². The lowest BCUT2D eigenvalue weighted by Gasteiger charge is -2.08. The number of aliphatic hydroxyl groups is 1. The minimum Gasteiger partial charge on any atom is -0.389 e. The summed E-state index contributed by atoms with van der Waals surface area (Å²) in [6, 6.07) is 7.67. The predicted octanol–water partition coefficient (Wildman–Crippen LogP) is 3.44. The van der Waals surface area contributed by atoms with Crippen LogP contribution in [0.4, 0.5) is 0 Å². The lowest BCUT2D eigenvalue weighted by atomic mass is 10.1. The van der Waals surface area contributed by atoms with E-state index in [0.29, 0.717) is 0 Å². The molecule has 2 aromatic rings. The third-order valence-electron chi connectivity index (χ3n) is 2.21. The highest BCUT2D eigenvalue weighted by molar-refractivity contribution is 9.10. The smallest absolute Gasteiger partial charge is 0.116 e. The van der Waals surface area contributed by atoms with Crippen LogP contribution in [-0.4, -0.2) is 15.1 Å². The maximum Gasteiger partial charge on any atom is 0.116 e. The van der Waals surface area contributed by atoms with Crippen LogP contribution in [0.5, 0.6) is 0 Å². The molecule has 0 saturated heterocycles. The average Bonchev–Trinajstić information content (AvgIpc) is 2.33. The second kappa shape index (κ2) is 5.62. The van der Waals surface area contributed by atoms with Crippen LogP contribution in [0.2, 0.25) is 0 Å². The van der Waals surface area contributed by atoms with E-state index in [1.165, 1.54) is 6.33 Å². The molecule has 5 heteroatoms. The van der Waals surface area contributed by atoms with Crippen LogP contribution in [0.3, 0.4) is 0 Å². The number of rotatable bonds is 3. The molecule has 1 atom stereocenters. The molecule has 0 aliphatic heterocycles. The molecule has 0 spiro atoms. The number of halogens is 1. The van der Waals surface area contributed by atoms with Crippen LogP contribution < -0.4 is 0 Å². The molecule has 17 heavy (non-hydrogen) atoms. The molecule has 0 bridgehead atoms. The van der Waals surface area contributed by atoms with Gasteiger partial charge in [0.05, 0.1) is 6.10 Å². The van der Waals surface area contributed by atoms with Crippen LogP contribution in [-0.2, 0) is 0 Å². The van der Waals surface area contributed by atoms with Gasteiger partial charge in [0.2, 0.25) is 0 Å². The molecule has 3 nitrogen and oxygen atoms in total. The molecule has 1 aromatic carbocycles. The summed E-state index contributed by atoms with van der Waals surface area (Å²) in [7, 11) is 0. The summed E-state index contributed by atoms with van der Waals surface area (Å²) >= 11 is 5.05. The lowest BCUT2D eigenvalue weighted by Crippen LogP contribution is -1.91. The topological polar surface area (TPSA) is 46.0 Å². The van der Waals surface area contributed by atoms with Crippen LogP contribution in [0.1, 0.15) is 18.6 Å². The van der Waals surface area contributed by atoms with Gasteiger partial charge in [-0.1, -0.05) is 17.8 Å². The second-order valence-electron chi connectivity index (χ2n) is 3.52. The van der Waals surface area contributed by atoms with Crippen LogP contribution in [0.15, 0.2) is 51.2 Å². The number of aromatic nitrogens is 2. The van der Waals surface area contributed by atoms with E-state index in [2.05, 4.69) is 25.9 Å². The van der Waals surface area contributed by atoms with Crippen molar-refractivity contribution in [2.45, 2.75) is 22.9 Å². The molecule has 88 valence electrons. The molecule has 0 radical (unpaired) electrons. The van der Waals surface area contributed by atoms with Gasteiger partial charge in [0.25, 0.3) is 0 Å². The Morgan fingerprint density at radius 1 is 1.35 bits per heavy atom. The number of aliphatic hydroxyl groups excluding tert-OH is 1. The molecule has 1 aromatic heterocycles. The minimum absolute atomic E-state index is 0.454. The number of nitrogens with zero attached hydrogens (tertiary/aromatic N) is 2. The van der Waals surface area contributed by atoms with E-state index in [9.17, 15) is 5.11 Å². The Morgan fingerprint density at radius 3 is 2.76 bits per heavy atom. The quantitative estimate of drug-likeness (QED) is 0.882. The van der Waals surface area contributed by atoms with Gasteiger partial charge in [0, 0.05) is 15.6 Å². The van der Waals surface area contributed by atoms with Gasteiger partial charge in [-0.15, -0.1) is 0 Å². The first-order chi connectivity index (χ1) is 8.16. The average molecular weight is 311 g/mol. The largest absolute Gasteiger partial charge is 0.389 e. The van der Waals surface area contributed by atoms with Gasteiger partial charge in [0.1, 0.15) is 11.4 Å². The monoisotopic (exact) mass is 310 g/mol. The van der Waals surface area contributed by atoms with Crippen molar-refractivity contribution in [3.63, 3.8) is 0 Å². The van der Waals surface area contributed by atoms with E-state index in [1.54, 1.807) is 24.9 Å². The Labute approximate surface area is 112 Å². The highest BCUT2D eigenvalue weighted by Crippen LogP contribution is 2.33. The predicted molar refractivity (Wildman–Crippen MR) is 70.9 cm³/mol. The van der Waals surface area contributed by atoms with Crippen molar-refractivity contribution in [2.75, 3.05) is 0 Å². The molecule has 0 aliphatic rings. The fourth-order valence-corrected chi connectivity index (χ4v) is 2.70. The van der Waals surface area contributed by atoms with Crippen LogP contribution in [0.25, 0.3) is 0 Å². The van der Waals surface area contributed by atoms with Crippen molar-refractivity contribution in [3.05, 3.63) is 46.8 Å². The molecule has 0 fully saturated rings. The zero-order chi connectivity index (χ0) is 12.3. The molecular formula is C12H11BrN2OS. The summed E-state index contributed by atoms with van der Waals surface area (Å²) in [6.45, 7) is 1.75. The molecule has 0 amide bonds. The van der Waals surface area contributed by atoms with Gasteiger partial charge in [-0.25, -0.2) is 9.97 Å². The number of hydrogen-bond acceptors (Lipinski definition) is 4. The zero-order valence-corrected chi connectivity index (χ0v) is 11.6. The van der Waals surface area contributed by atoms with Crippen molar-refractivity contribution in [1.82, 2.24) is 9.97 Å². The number of hydrogen-bond donors (Lipinski definition) is 1. The minimum atomic E-state index is -0.454.